The van der Waals surface area contributed by atoms with Crippen molar-refractivity contribution in [2.75, 3.05) is 11.9 Å². The molecule has 0 bridgehead atoms. The summed E-state index contributed by atoms with van der Waals surface area (Å²) in [4.78, 5) is 13.4. The van der Waals surface area contributed by atoms with E-state index < -0.39 is 6.17 Å². The van der Waals surface area contributed by atoms with E-state index in [2.05, 4.69) is 10.4 Å². The molecule has 1 aliphatic heterocycles. The molecule has 3 N–H and O–H groups in total. The van der Waals surface area contributed by atoms with Gasteiger partial charge in [0.1, 0.15) is 5.75 Å². The monoisotopic (exact) mass is 417 g/mol. The maximum atomic E-state index is 13.4. The summed E-state index contributed by atoms with van der Waals surface area (Å²) in [5.74, 6) is 0.157. The Morgan fingerprint density at radius 1 is 1.06 bits per heavy atom. The number of carbonyl (C=O) groups excluding carboxylic acids is 1. The zero-order chi connectivity index (χ0) is 22.0. The van der Waals surface area contributed by atoms with Gasteiger partial charge in [0.2, 0.25) is 0 Å². The topological polar surface area (TPSA) is 94.4 Å². The minimum absolute atomic E-state index is 0.0218. The van der Waals surface area contributed by atoms with Gasteiger partial charge < -0.3 is 20.3 Å². The molecular weight excluding hydrogens is 394 g/mol. The fourth-order valence-electron chi connectivity index (χ4n) is 3.54. The number of phenols is 2. The largest absolute Gasteiger partial charge is 0.507 e. The summed E-state index contributed by atoms with van der Waals surface area (Å²) < 4.78 is 5.52. The van der Waals surface area contributed by atoms with Gasteiger partial charge in [-0.1, -0.05) is 30.3 Å². The Kier molecular flexibility index (Phi) is 5.49. The first-order chi connectivity index (χ1) is 15.0. The Morgan fingerprint density at radius 2 is 1.81 bits per heavy atom. The smallest absolute Gasteiger partial charge is 0.278 e. The molecule has 4 rings (SSSR count). The lowest BCUT2D eigenvalue weighted by atomic mass is 10.0. The van der Waals surface area contributed by atoms with Gasteiger partial charge in [0, 0.05) is 16.8 Å². The summed E-state index contributed by atoms with van der Waals surface area (Å²) in [6.45, 7) is 3.96. The molecule has 1 amide bonds. The van der Waals surface area contributed by atoms with E-state index in [1.54, 1.807) is 55.5 Å². The first-order valence-electron chi connectivity index (χ1n) is 9.98. The van der Waals surface area contributed by atoms with Crippen LogP contribution in [0.3, 0.4) is 0 Å². The van der Waals surface area contributed by atoms with Gasteiger partial charge in [0.05, 0.1) is 17.9 Å². The van der Waals surface area contributed by atoms with Gasteiger partial charge in [0.25, 0.3) is 5.91 Å². The van der Waals surface area contributed by atoms with Crippen molar-refractivity contribution in [1.29, 1.82) is 0 Å². The summed E-state index contributed by atoms with van der Waals surface area (Å²) in [5, 5.41) is 29.6. The van der Waals surface area contributed by atoms with E-state index in [1.165, 1.54) is 11.1 Å². The van der Waals surface area contributed by atoms with Crippen molar-refractivity contribution in [2.24, 2.45) is 5.10 Å². The number of anilines is 1. The highest BCUT2D eigenvalue weighted by atomic mass is 16.5. The number of benzene rings is 3. The van der Waals surface area contributed by atoms with E-state index >= 15 is 0 Å². The van der Waals surface area contributed by atoms with Crippen LogP contribution in [0.4, 0.5) is 5.69 Å². The molecule has 0 saturated heterocycles. The minimum atomic E-state index is -0.636. The lowest BCUT2D eigenvalue weighted by molar-refractivity contribution is 0.0689. The molecule has 1 atom stereocenters. The number of para-hydroxylation sites is 2. The van der Waals surface area contributed by atoms with Crippen molar-refractivity contribution in [3.05, 3.63) is 83.4 Å². The molecule has 3 aromatic rings. The standard InChI is InChI=1S/C24H23N3O4/c1-3-31-22-14-16(12-13-21(22)29)23-25-19-10-6-4-9-18(19)24(30)27(23)26-15(2)17-8-5-7-11-20(17)28/h4-14,23,25,28-29H,3H2,1-2H3/b26-15+. The molecule has 31 heavy (non-hydrogen) atoms. The highest BCUT2D eigenvalue weighted by molar-refractivity contribution is 6.05. The number of nitrogens with one attached hydrogen (secondary N) is 1. The van der Waals surface area contributed by atoms with Crippen LogP contribution in [0.2, 0.25) is 0 Å². The minimum Gasteiger partial charge on any atom is -0.507 e. The van der Waals surface area contributed by atoms with Crippen LogP contribution in [0.15, 0.2) is 71.8 Å². The van der Waals surface area contributed by atoms with Gasteiger partial charge in [-0.05, 0) is 50.2 Å². The number of fused-ring (bicyclic) bond motifs is 1. The van der Waals surface area contributed by atoms with Gasteiger partial charge >= 0.3 is 0 Å². The second-order valence-corrected chi connectivity index (χ2v) is 7.10. The number of aromatic hydroxyl groups is 2. The fraction of sp³-hybridized carbons (Fsp3) is 0.167. The van der Waals surface area contributed by atoms with E-state index in [4.69, 9.17) is 4.74 Å². The highest BCUT2D eigenvalue weighted by Crippen LogP contribution is 2.37. The fourth-order valence-corrected chi connectivity index (χ4v) is 3.54. The van der Waals surface area contributed by atoms with Gasteiger partial charge in [-0.2, -0.15) is 5.10 Å². The van der Waals surface area contributed by atoms with Crippen molar-refractivity contribution in [1.82, 2.24) is 5.01 Å². The first kappa shape index (κ1) is 20.3. The number of hydrogen-bond acceptors (Lipinski definition) is 6. The molecule has 7 heteroatoms. The lowest BCUT2D eigenvalue weighted by Gasteiger charge is -2.35. The lowest BCUT2D eigenvalue weighted by Crippen LogP contribution is -2.40. The van der Waals surface area contributed by atoms with Crippen molar-refractivity contribution >= 4 is 17.3 Å². The second-order valence-electron chi connectivity index (χ2n) is 7.10. The van der Waals surface area contributed by atoms with E-state index in [0.29, 0.717) is 40.4 Å². The molecule has 158 valence electrons. The molecule has 0 saturated carbocycles. The number of carbonyl (C=O) groups is 1. The number of ether oxygens (including phenoxy) is 1. The summed E-state index contributed by atoms with van der Waals surface area (Å²) >= 11 is 0. The Morgan fingerprint density at radius 3 is 2.58 bits per heavy atom. The van der Waals surface area contributed by atoms with Gasteiger partial charge in [-0.15, -0.1) is 0 Å². The Labute approximate surface area is 180 Å². The average Bonchev–Trinajstić information content (AvgIpc) is 2.77. The number of hydrazone groups is 1. The molecular formula is C24H23N3O4. The van der Waals surface area contributed by atoms with Crippen LogP contribution < -0.4 is 10.1 Å². The number of amides is 1. The quantitative estimate of drug-likeness (QED) is 0.532. The summed E-state index contributed by atoms with van der Waals surface area (Å²) in [6.07, 6.45) is -0.636. The van der Waals surface area contributed by atoms with Crippen LogP contribution in [0.1, 0.15) is 41.5 Å². The number of hydrogen-bond donors (Lipinski definition) is 3. The van der Waals surface area contributed by atoms with Crippen LogP contribution in [-0.4, -0.2) is 33.4 Å². The SMILES string of the molecule is CCOc1cc(C2Nc3ccccc3C(=O)N2/N=C(\C)c2ccccc2O)ccc1O. The normalized spacial score (nSPS) is 15.9. The molecule has 0 spiro atoms. The number of phenolic OH excluding ortho intramolecular Hbond substituents is 2. The van der Waals surface area contributed by atoms with E-state index in [-0.39, 0.29) is 17.4 Å². The second kappa shape index (κ2) is 8.39. The first-order valence-corrected chi connectivity index (χ1v) is 9.98. The summed E-state index contributed by atoms with van der Waals surface area (Å²) in [7, 11) is 0. The van der Waals surface area contributed by atoms with Crippen molar-refractivity contribution in [2.45, 2.75) is 20.0 Å². The molecule has 1 unspecified atom stereocenters. The maximum absolute atomic E-state index is 13.4. The molecule has 0 fully saturated rings. The third kappa shape index (κ3) is 3.90. The van der Waals surface area contributed by atoms with Crippen molar-refractivity contribution < 1.29 is 19.7 Å². The van der Waals surface area contributed by atoms with Crippen molar-refractivity contribution in [3.8, 4) is 17.2 Å². The van der Waals surface area contributed by atoms with Crippen molar-refractivity contribution in [3.63, 3.8) is 0 Å². The Bertz CT molecular complexity index is 1160. The Balaban J connectivity index is 1.82. The molecule has 7 nitrogen and oxygen atoms in total. The van der Waals surface area contributed by atoms with Crippen LogP contribution in [-0.2, 0) is 0 Å². The summed E-state index contributed by atoms with van der Waals surface area (Å²) in [5.41, 5.74) is 2.90. The third-order valence-electron chi connectivity index (χ3n) is 5.05. The molecule has 1 heterocycles. The van der Waals surface area contributed by atoms with Crippen LogP contribution in [0, 0.1) is 0 Å². The Hall–Kier alpha value is -4.00. The van der Waals surface area contributed by atoms with Crippen LogP contribution in [0.5, 0.6) is 17.2 Å². The summed E-state index contributed by atoms with van der Waals surface area (Å²) in [6, 6.07) is 19.0. The zero-order valence-electron chi connectivity index (χ0n) is 17.2. The zero-order valence-corrected chi connectivity index (χ0v) is 17.2. The van der Waals surface area contributed by atoms with E-state index in [0.717, 1.165) is 0 Å². The van der Waals surface area contributed by atoms with E-state index in [9.17, 15) is 15.0 Å². The van der Waals surface area contributed by atoms with Gasteiger partial charge in [0.15, 0.2) is 17.7 Å². The highest BCUT2D eigenvalue weighted by Gasteiger charge is 2.34. The molecule has 0 radical (unpaired) electrons. The van der Waals surface area contributed by atoms with Gasteiger partial charge in [-0.25, -0.2) is 5.01 Å². The molecule has 0 aromatic heterocycles. The van der Waals surface area contributed by atoms with Crippen LogP contribution >= 0.6 is 0 Å². The number of nitrogens with zero attached hydrogens (tertiary/aromatic N) is 2. The third-order valence-corrected chi connectivity index (χ3v) is 5.05. The predicted octanol–water partition coefficient (Wildman–Crippen LogP) is 4.49. The maximum Gasteiger partial charge on any atom is 0.278 e. The number of rotatable bonds is 5. The van der Waals surface area contributed by atoms with Crippen LogP contribution in [0.25, 0.3) is 0 Å². The average molecular weight is 417 g/mol. The molecule has 0 aliphatic carbocycles. The molecule has 1 aliphatic rings. The van der Waals surface area contributed by atoms with E-state index in [1.807, 2.05) is 19.1 Å². The predicted molar refractivity (Wildman–Crippen MR) is 119 cm³/mol. The molecule has 3 aromatic carbocycles. The van der Waals surface area contributed by atoms with Gasteiger partial charge in [-0.3, -0.25) is 4.79 Å².